The summed E-state index contributed by atoms with van der Waals surface area (Å²) in [6.45, 7) is 12.0. The third kappa shape index (κ3) is 9.38. The van der Waals surface area contributed by atoms with Crippen molar-refractivity contribution in [2.45, 2.75) is 72.1 Å². The Hall–Kier alpha value is -3.58. The van der Waals surface area contributed by atoms with Gasteiger partial charge in [0.2, 0.25) is 12.4 Å². The Bertz CT molecular complexity index is 1040. The molecule has 2 saturated heterocycles. The van der Waals surface area contributed by atoms with Crippen molar-refractivity contribution < 1.29 is 4.79 Å². The van der Waals surface area contributed by atoms with Gasteiger partial charge >= 0.3 is 0 Å². The number of carbonyl (C=O) groups is 1. The van der Waals surface area contributed by atoms with Gasteiger partial charge in [0, 0.05) is 50.1 Å². The van der Waals surface area contributed by atoms with Crippen molar-refractivity contribution in [3.8, 4) is 12.8 Å². The van der Waals surface area contributed by atoms with E-state index in [9.17, 15) is 4.79 Å². The van der Waals surface area contributed by atoms with Crippen molar-refractivity contribution in [3.63, 3.8) is 0 Å². The van der Waals surface area contributed by atoms with Gasteiger partial charge in [0.05, 0.1) is 0 Å². The highest BCUT2D eigenvalue weighted by Gasteiger charge is 2.26. The molecule has 3 aliphatic rings. The van der Waals surface area contributed by atoms with E-state index in [-0.39, 0.29) is 0 Å². The van der Waals surface area contributed by atoms with Crippen LogP contribution >= 0.6 is 0 Å². The number of anilines is 3. The van der Waals surface area contributed by atoms with Crippen molar-refractivity contribution in [2.24, 2.45) is 5.73 Å². The maximum Gasteiger partial charge on any atom is 0.245 e. The van der Waals surface area contributed by atoms with Gasteiger partial charge in [-0.1, -0.05) is 27.7 Å². The molecule has 6 rings (SSSR count). The van der Waals surface area contributed by atoms with Crippen LogP contribution in [0.15, 0.2) is 24.4 Å². The Morgan fingerprint density at radius 1 is 1.03 bits per heavy atom. The van der Waals surface area contributed by atoms with E-state index in [0.29, 0.717) is 5.92 Å². The van der Waals surface area contributed by atoms with Gasteiger partial charge in [0.25, 0.3) is 0 Å². The smallest absolute Gasteiger partial charge is 0.245 e. The van der Waals surface area contributed by atoms with E-state index >= 15 is 0 Å². The van der Waals surface area contributed by atoms with Crippen molar-refractivity contribution in [1.82, 2.24) is 29.7 Å². The first-order chi connectivity index (χ1) is 18.8. The maximum absolute atomic E-state index is 9.93. The van der Waals surface area contributed by atoms with Crippen LogP contribution in [0.2, 0.25) is 0 Å². The van der Waals surface area contributed by atoms with E-state index in [0.717, 1.165) is 55.7 Å². The molecule has 0 unspecified atom stereocenters. The van der Waals surface area contributed by atoms with E-state index in [1.54, 1.807) is 4.90 Å². The average Bonchev–Trinajstić information content (AvgIpc) is 3.53. The van der Waals surface area contributed by atoms with Crippen LogP contribution in [0.25, 0.3) is 5.52 Å². The lowest BCUT2D eigenvalue weighted by atomic mass is 10.3. The molecule has 38 heavy (non-hydrogen) atoms. The number of nitrogens with two attached hydrogens (primary N) is 1. The van der Waals surface area contributed by atoms with Crippen molar-refractivity contribution >= 4 is 29.5 Å². The molecule has 3 fully saturated rings. The molecule has 1 aliphatic carbocycles. The molecule has 0 atom stereocenters. The fourth-order valence-electron chi connectivity index (χ4n) is 4.04. The number of nitrogens with zero attached hydrogens (tertiary/aromatic N) is 6. The number of hydrogen-bond donors (Lipinski definition) is 3. The summed E-state index contributed by atoms with van der Waals surface area (Å²) in [6, 6.07) is 6.10. The molecular weight excluding hydrogens is 478 g/mol. The van der Waals surface area contributed by atoms with Gasteiger partial charge in [-0.25, -0.2) is 4.52 Å². The molecule has 1 amide bonds. The number of aromatic amines is 1. The molecule has 0 aromatic carbocycles. The lowest BCUT2D eigenvalue weighted by molar-refractivity contribution is -0.117. The van der Waals surface area contributed by atoms with Gasteiger partial charge in [-0.2, -0.15) is 10.1 Å². The highest BCUT2D eigenvalue weighted by atomic mass is 16.1. The molecule has 0 bridgehead atoms. The zero-order chi connectivity index (χ0) is 28.3. The minimum Gasteiger partial charge on any atom is -0.345 e. The Labute approximate surface area is 228 Å². The molecule has 2 aliphatic heterocycles. The first kappa shape index (κ1) is 32.4. The van der Waals surface area contributed by atoms with Gasteiger partial charge in [0.15, 0.2) is 11.6 Å². The highest BCUT2D eigenvalue weighted by molar-refractivity contribution is 5.73. The van der Waals surface area contributed by atoms with Crippen molar-refractivity contribution in [2.75, 3.05) is 43.4 Å². The number of nitrogens with one attached hydrogen (secondary N) is 2. The number of hydrogen-bond acceptors (Lipinski definition) is 7. The maximum atomic E-state index is 9.93. The van der Waals surface area contributed by atoms with Crippen LogP contribution in [-0.2, 0) is 4.79 Å². The number of amides is 1. The second kappa shape index (κ2) is 18.6. The lowest BCUT2D eigenvalue weighted by Gasteiger charge is -2.16. The van der Waals surface area contributed by atoms with E-state index in [4.69, 9.17) is 4.98 Å². The largest absolute Gasteiger partial charge is 0.345 e. The number of rotatable bonds is 5. The quantitative estimate of drug-likeness (QED) is 0.323. The number of H-pyrrole nitrogens is 1. The summed E-state index contributed by atoms with van der Waals surface area (Å²) in [7, 11) is 1.50. The molecule has 4 N–H and O–H groups in total. The van der Waals surface area contributed by atoms with E-state index < -0.39 is 0 Å². The summed E-state index contributed by atoms with van der Waals surface area (Å²) in [4.78, 5) is 18.7. The Balaban J connectivity index is 0.000000406. The van der Waals surface area contributed by atoms with Crippen LogP contribution in [-0.4, -0.2) is 69.3 Å². The second-order valence-corrected chi connectivity index (χ2v) is 8.25. The van der Waals surface area contributed by atoms with E-state index in [1.807, 2.05) is 50.5 Å². The third-order valence-corrected chi connectivity index (χ3v) is 5.92. The molecule has 10 heteroatoms. The molecule has 10 nitrogen and oxygen atoms in total. The summed E-state index contributed by atoms with van der Waals surface area (Å²) >= 11 is 0. The van der Waals surface area contributed by atoms with Crippen LogP contribution in [0.1, 0.15) is 77.8 Å². The van der Waals surface area contributed by atoms with Crippen LogP contribution in [0.4, 0.5) is 17.6 Å². The third-order valence-electron chi connectivity index (χ3n) is 5.92. The van der Waals surface area contributed by atoms with Crippen LogP contribution in [0, 0.1) is 12.8 Å². The van der Waals surface area contributed by atoms with Gasteiger partial charge < -0.3 is 20.9 Å². The summed E-state index contributed by atoms with van der Waals surface area (Å²) in [6.07, 6.45) is 18.2. The van der Waals surface area contributed by atoms with Gasteiger partial charge in [-0.05, 0) is 57.7 Å². The standard InChI is InChI=1S/C16H19N7.C5H9NO.2C2H6.C2H2.CH5N/c1-2-8-22(7-1)16-18-15(13-4-3-9-23(13)21-16)17-14-10-12(19-20-14)11-5-6-11;7-5-6-3-1-2-4-6;4*1-2/h3-4,9-11H,1-2,5-8H2,(H2,17,18,19,20,21);5H,1-4H2;2*1-2H3;1-2H;2H2,1H3. The zero-order valence-electron chi connectivity index (χ0n) is 23.9. The fourth-order valence-corrected chi connectivity index (χ4v) is 4.04. The number of fused-ring (bicyclic) bond motifs is 1. The van der Waals surface area contributed by atoms with Gasteiger partial charge in [0.1, 0.15) is 5.52 Å². The van der Waals surface area contributed by atoms with Crippen molar-refractivity contribution in [3.05, 3.63) is 30.1 Å². The molecule has 0 spiro atoms. The lowest BCUT2D eigenvalue weighted by Crippen LogP contribution is -2.22. The normalized spacial score (nSPS) is 15.2. The summed E-state index contributed by atoms with van der Waals surface area (Å²) < 4.78 is 1.89. The topological polar surface area (TPSA) is 120 Å². The van der Waals surface area contributed by atoms with Crippen LogP contribution in [0.5, 0.6) is 0 Å². The molecule has 0 radical (unpaired) electrons. The average molecular weight is 526 g/mol. The monoisotopic (exact) mass is 525 g/mol. The summed E-state index contributed by atoms with van der Waals surface area (Å²) in [5, 5.41) is 15.5. The molecular formula is C28H47N9O. The minimum absolute atomic E-state index is 0.664. The summed E-state index contributed by atoms with van der Waals surface area (Å²) in [5.74, 6) is 3.07. The molecule has 210 valence electrons. The predicted molar refractivity (Wildman–Crippen MR) is 158 cm³/mol. The van der Waals surface area contributed by atoms with E-state index in [1.165, 1.54) is 51.3 Å². The molecule has 3 aromatic heterocycles. The summed E-state index contributed by atoms with van der Waals surface area (Å²) in [5.41, 5.74) is 6.68. The Kier molecular flexibility index (Phi) is 15.9. The minimum atomic E-state index is 0.664. The molecule has 1 saturated carbocycles. The van der Waals surface area contributed by atoms with Gasteiger partial charge in [-0.3, -0.25) is 9.89 Å². The Morgan fingerprint density at radius 2 is 1.63 bits per heavy atom. The molecule has 3 aromatic rings. The Morgan fingerprint density at radius 3 is 2.18 bits per heavy atom. The van der Waals surface area contributed by atoms with Crippen LogP contribution < -0.4 is 16.0 Å². The number of aromatic nitrogens is 5. The SMILES string of the molecule is C#C.CC.CC.CN.O=CN1CCCC1.c1cc2c(Nc3cc(C4CC4)[nH]n3)nc(N3CCCC3)nn2c1. The fraction of sp³-hybridized carbons (Fsp3) is 0.571. The highest BCUT2D eigenvalue weighted by Crippen LogP contribution is 2.39. The molecule has 5 heterocycles. The first-order valence-corrected chi connectivity index (χ1v) is 13.8. The van der Waals surface area contributed by atoms with Crippen LogP contribution in [0.3, 0.4) is 0 Å². The second-order valence-electron chi connectivity index (χ2n) is 8.25. The number of carbonyl (C=O) groups excluding carboxylic acids is 1. The predicted octanol–water partition coefficient (Wildman–Crippen LogP) is 4.79. The number of likely N-dealkylation sites (tertiary alicyclic amines) is 1. The first-order valence-electron chi connectivity index (χ1n) is 13.8. The van der Waals surface area contributed by atoms with E-state index in [2.05, 4.69) is 50.2 Å². The van der Waals surface area contributed by atoms with Gasteiger partial charge in [-0.15, -0.1) is 17.9 Å². The number of terminal acetylenes is 1. The zero-order valence-corrected chi connectivity index (χ0v) is 23.9. The van der Waals surface area contributed by atoms with Crippen molar-refractivity contribution in [1.29, 1.82) is 0 Å².